The maximum atomic E-state index is 11.4. The standard InChI is InChI=1S/C15H11N5O/c1-8(21)15-17-12-6-10-11(7-13(12)18-15)19-20-14(10)9-2-4-16-5-3-9/h2-7,19-20H,1H3. The van der Waals surface area contributed by atoms with Gasteiger partial charge in [0.05, 0.1) is 22.2 Å². The van der Waals surface area contributed by atoms with Crippen molar-refractivity contribution in [1.29, 1.82) is 0 Å². The van der Waals surface area contributed by atoms with E-state index >= 15 is 0 Å². The van der Waals surface area contributed by atoms with Gasteiger partial charge in [-0.2, -0.15) is 0 Å². The summed E-state index contributed by atoms with van der Waals surface area (Å²) >= 11 is 0. The van der Waals surface area contributed by atoms with Crippen LogP contribution in [0, 0.1) is 0 Å². The molecule has 0 saturated heterocycles. The second kappa shape index (κ2) is 4.24. The van der Waals surface area contributed by atoms with Crippen LogP contribution in [0.1, 0.15) is 17.5 Å². The van der Waals surface area contributed by atoms with Gasteiger partial charge in [0.1, 0.15) is 0 Å². The fraction of sp³-hybridized carbons (Fsp3) is 0.0667. The smallest absolute Gasteiger partial charge is 0.197 e. The number of aromatic nitrogens is 5. The first-order chi connectivity index (χ1) is 10.2. The van der Waals surface area contributed by atoms with E-state index in [1.165, 1.54) is 6.92 Å². The number of ketones is 1. The number of H-pyrrole nitrogens is 2. The van der Waals surface area contributed by atoms with E-state index in [4.69, 9.17) is 0 Å². The third-order valence-corrected chi connectivity index (χ3v) is 3.44. The van der Waals surface area contributed by atoms with Crippen LogP contribution >= 0.6 is 0 Å². The average Bonchev–Trinajstić information content (AvgIpc) is 3.08. The number of benzene rings is 1. The molecule has 0 amide bonds. The number of rotatable bonds is 2. The topological polar surface area (TPSA) is 87.3 Å². The summed E-state index contributed by atoms with van der Waals surface area (Å²) in [5, 5.41) is 7.28. The maximum absolute atomic E-state index is 11.4. The zero-order chi connectivity index (χ0) is 14.4. The number of nitrogens with zero attached hydrogens (tertiary/aromatic N) is 3. The van der Waals surface area contributed by atoms with Crippen molar-refractivity contribution in [2.75, 3.05) is 0 Å². The highest BCUT2D eigenvalue weighted by Gasteiger charge is 2.13. The number of Topliss-reactive ketones (excluding diaryl/α,β-unsaturated/α-hetero) is 1. The van der Waals surface area contributed by atoms with Crippen LogP contribution in [0.5, 0.6) is 0 Å². The molecule has 4 aromatic rings. The predicted molar refractivity (Wildman–Crippen MR) is 79.0 cm³/mol. The van der Waals surface area contributed by atoms with E-state index in [2.05, 4.69) is 25.1 Å². The van der Waals surface area contributed by atoms with Crippen LogP contribution in [-0.2, 0) is 0 Å². The quantitative estimate of drug-likeness (QED) is 0.551. The van der Waals surface area contributed by atoms with E-state index in [0.717, 1.165) is 27.7 Å². The number of hydrogen-bond acceptors (Lipinski definition) is 4. The summed E-state index contributed by atoms with van der Waals surface area (Å²) in [7, 11) is 0. The van der Waals surface area contributed by atoms with Gasteiger partial charge in [-0.05, 0) is 24.3 Å². The molecule has 6 heteroatoms. The highest BCUT2D eigenvalue weighted by Crippen LogP contribution is 2.28. The second-order valence-corrected chi connectivity index (χ2v) is 4.85. The Morgan fingerprint density at radius 2 is 1.76 bits per heavy atom. The van der Waals surface area contributed by atoms with Crippen LogP contribution in [0.3, 0.4) is 0 Å². The zero-order valence-corrected chi connectivity index (χ0v) is 11.2. The molecular formula is C15H11N5O. The number of nitrogens with one attached hydrogen (secondary N) is 2. The Kier molecular flexibility index (Phi) is 2.38. The number of aromatic amines is 2. The molecule has 0 spiro atoms. The third kappa shape index (κ3) is 1.80. The molecule has 0 aliphatic carbocycles. The van der Waals surface area contributed by atoms with E-state index in [9.17, 15) is 4.79 Å². The Bertz CT molecular complexity index is 968. The van der Waals surface area contributed by atoms with Crippen molar-refractivity contribution in [2.45, 2.75) is 6.92 Å². The molecule has 3 heterocycles. The van der Waals surface area contributed by atoms with E-state index in [1.807, 2.05) is 24.3 Å². The molecule has 102 valence electrons. The number of carbonyl (C=O) groups is 1. The molecular weight excluding hydrogens is 266 g/mol. The van der Waals surface area contributed by atoms with Gasteiger partial charge in [0.25, 0.3) is 0 Å². The highest BCUT2D eigenvalue weighted by atomic mass is 16.1. The predicted octanol–water partition coefficient (Wildman–Crippen LogP) is 2.70. The van der Waals surface area contributed by atoms with Gasteiger partial charge in [-0.3, -0.25) is 14.9 Å². The summed E-state index contributed by atoms with van der Waals surface area (Å²) in [6, 6.07) is 7.69. The Morgan fingerprint density at radius 3 is 2.48 bits per heavy atom. The Balaban J connectivity index is 1.99. The normalized spacial score (nSPS) is 11.3. The third-order valence-electron chi connectivity index (χ3n) is 3.44. The number of carbonyl (C=O) groups excluding carboxylic acids is 1. The first kappa shape index (κ1) is 11.8. The van der Waals surface area contributed by atoms with Crippen molar-refractivity contribution in [3.8, 4) is 11.3 Å². The average molecular weight is 277 g/mol. The molecule has 0 atom stereocenters. The fourth-order valence-corrected chi connectivity index (χ4v) is 2.42. The van der Waals surface area contributed by atoms with Gasteiger partial charge in [0.15, 0.2) is 11.6 Å². The van der Waals surface area contributed by atoms with E-state index < -0.39 is 0 Å². The lowest BCUT2D eigenvalue weighted by molar-refractivity contribution is 0.100. The Hall–Kier alpha value is -3.02. The Morgan fingerprint density at radius 1 is 1.05 bits per heavy atom. The van der Waals surface area contributed by atoms with Gasteiger partial charge < -0.3 is 5.10 Å². The van der Waals surface area contributed by atoms with Gasteiger partial charge >= 0.3 is 0 Å². The van der Waals surface area contributed by atoms with Crippen molar-refractivity contribution in [3.05, 3.63) is 42.5 Å². The van der Waals surface area contributed by atoms with Crippen LogP contribution in [-0.4, -0.2) is 30.9 Å². The number of fused-ring (bicyclic) bond motifs is 2. The molecule has 1 aromatic carbocycles. The second-order valence-electron chi connectivity index (χ2n) is 4.85. The molecule has 0 aliphatic heterocycles. The first-order valence-corrected chi connectivity index (χ1v) is 6.51. The minimum absolute atomic E-state index is 0.129. The summed E-state index contributed by atoms with van der Waals surface area (Å²) in [4.78, 5) is 23.9. The van der Waals surface area contributed by atoms with E-state index in [-0.39, 0.29) is 11.6 Å². The summed E-state index contributed by atoms with van der Waals surface area (Å²) in [6.45, 7) is 1.47. The maximum Gasteiger partial charge on any atom is 0.197 e. The number of pyridine rings is 1. The molecule has 6 nitrogen and oxygen atoms in total. The van der Waals surface area contributed by atoms with Crippen molar-refractivity contribution < 1.29 is 4.79 Å². The monoisotopic (exact) mass is 277 g/mol. The van der Waals surface area contributed by atoms with Gasteiger partial charge in [-0.15, -0.1) is 0 Å². The lowest BCUT2D eigenvalue weighted by Gasteiger charge is -1.97. The molecule has 0 saturated carbocycles. The highest BCUT2D eigenvalue weighted by molar-refractivity contribution is 6.02. The van der Waals surface area contributed by atoms with Crippen molar-refractivity contribution in [2.24, 2.45) is 0 Å². The van der Waals surface area contributed by atoms with Crippen molar-refractivity contribution in [1.82, 2.24) is 25.1 Å². The molecule has 21 heavy (non-hydrogen) atoms. The molecule has 3 aromatic heterocycles. The van der Waals surface area contributed by atoms with Crippen LogP contribution < -0.4 is 0 Å². The van der Waals surface area contributed by atoms with Gasteiger partial charge in [-0.1, -0.05) is 0 Å². The van der Waals surface area contributed by atoms with Crippen LogP contribution in [0.2, 0.25) is 0 Å². The van der Waals surface area contributed by atoms with Crippen molar-refractivity contribution >= 4 is 27.7 Å². The van der Waals surface area contributed by atoms with Gasteiger partial charge in [0.2, 0.25) is 0 Å². The minimum atomic E-state index is -0.129. The fourth-order valence-electron chi connectivity index (χ4n) is 2.42. The summed E-state index contributed by atoms with van der Waals surface area (Å²) in [6.07, 6.45) is 3.49. The lowest BCUT2D eigenvalue weighted by atomic mass is 10.1. The summed E-state index contributed by atoms with van der Waals surface area (Å²) in [5.74, 6) is 0.128. The zero-order valence-electron chi connectivity index (χ0n) is 11.2. The molecule has 4 rings (SSSR count). The van der Waals surface area contributed by atoms with Gasteiger partial charge in [-0.25, -0.2) is 9.97 Å². The molecule has 0 bridgehead atoms. The molecule has 0 radical (unpaired) electrons. The first-order valence-electron chi connectivity index (χ1n) is 6.51. The lowest BCUT2D eigenvalue weighted by Crippen LogP contribution is -1.93. The number of imidazole rings is 1. The summed E-state index contributed by atoms with van der Waals surface area (Å²) < 4.78 is 0. The SMILES string of the molecule is CC(=O)c1nc2cc3[nH][nH]c(-c4ccncc4)c3cc2n1. The van der Waals surface area contributed by atoms with Crippen LogP contribution in [0.15, 0.2) is 36.7 Å². The van der Waals surface area contributed by atoms with E-state index in [0.29, 0.717) is 5.52 Å². The van der Waals surface area contributed by atoms with Crippen molar-refractivity contribution in [3.63, 3.8) is 0 Å². The van der Waals surface area contributed by atoms with Crippen LogP contribution in [0.25, 0.3) is 33.2 Å². The van der Waals surface area contributed by atoms with E-state index in [1.54, 1.807) is 12.4 Å². The van der Waals surface area contributed by atoms with Gasteiger partial charge in [0, 0.05) is 30.3 Å². The molecule has 0 unspecified atom stereocenters. The number of hydrogen-bond donors (Lipinski definition) is 2. The molecule has 0 fully saturated rings. The molecule has 2 N–H and O–H groups in total. The largest absolute Gasteiger partial charge is 0.300 e. The van der Waals surface area contributed by atoms with Crippen LogP contribution in [0.4, 0.5) is 0 Å². The Labute approximate surface area is 119 Å². The summed E-state index contributed by atoms with van der Waals surface area (Å²) in [5.41, 5.74) is 4.34. The molecule has 0 aliphatic rings. The minimum Gasteiger partial charge on any atom is -0.300 e.